The van der Waals surface area contributed by atoms with Crippen LogP contribution in [-0.4, -0.2) is 14.1 Å². The van der Waals surface area contributed by atoms with Crippen LogP contribution < -0.4 is 0 Å². The van der Waals surface area contributed by atoms with Crippen LogP contribution in [0.3, 0.4) is 0 Å². The van der Waals surface area contributed by atoms with E-state index in [1.807, 2.05) is 0 Å². The van der Waals surface area contributed by atoms with Gasteiger partial charge in [0.2, 0.25) is 0 Å². The Balaban J connectivity index is 2.21. The Morgan fingerprint density at radius 1 is 1.23 bits per heavy atom. The molecular weight excluding hydrogens is 180 g/mol. The van der Waals surface area contributed by atoms with Crippen molar-refractivity contribution in [3.05, 3.63) is 36.3 Å². The Bertz CT molecular complexity index is 297. The summed E-state index contributed by atoms with van der Waals surface area (Å²) in [7, 11) is 0. The molecule has 0 N–H and O–H groups in total. The number of hydrogen-bond acceptors (Lipinski definition) is 3. The molecular formula is C10H14N2S. The van der Waals surface area contributed by atoms with E-state index in [1.165, 1.54) is 5.70 Å². The summed E-state index contributed by atoms with van der Waals surface area (Å²) < 4.78 is 4.44. The Morgan fingerprint density at radius 3 is 2.62 bits per heavy atom. The highest BCUT2D eigenvalue weighted by Gasteiger charge is 2.28. The van der Waals surface area contributed by atoms with Crippen molar-refractivity contribution >= 4 is 12.1 Å². The number of rotatable bonds is 0. The second-order valence-electron chi connectivity index (χ2n) is 4.16. The van der Waals surface area contributed by atoms with Gasteiger partial charge in [-0.25, -0.2) is 0 Å². The summed E-state index contributed by atoms with van der Waals surface area (Å²) in [6.45, 7) is 6.63. The Hall–Kier alpha value is -0.830. The normalized spacial score (nSPS) is 20.7. The van der Waals surface area contributed by atoms with Crippen molar-refractivity contribution in [3.63, 3.8) is 0 Å². The highest BCUT2D eigenvalue weighted by molar-refractivity contribution is 7.95. The lowest BCUT2D eigenvalue weighted by Crippen LogP contribution is -2.30. The fourth-order valence-electron chi connectivity index (χ4n) is 1.17. The number of fused-ring (bicyclic) bond motifs is 1. The van der Waals surface area contributed by atoms with Gasteiger partial charge in [-0.2, -0.15) is 0 Å². The average molecular weight is 194 g/mol. The SMILES string of the molecule is CC(C)(C)N1C=C2C=CC=CN2S1. The van der Waals surface area contributed by atoms with Gasteiger partial charge in [0.1, 0.15) is 0 Å². The van der Waals surface area contributed by atoms with Crippen molar-refractivity contribution in [2.75, 3.05) is 0 Å². The van der Waals surface area contributed by atoms with Gasteiger partial charge in [-0.3, -0.25) is 8.61 Å². The second-order valence-corrected chi connectivity index (χ2v) is 5.11. The van der Waals surface area contributed by atoms with Crippen molar-refractivity contribution in [2.24, 2.45) is 0 Å². The van der Waals surface area contributed by atoms with E-state index in [1.54, 1.807) is 12.1 Å². The quantitative estimate of drug-likeness (QED) is 0.547. The van der Waals surface area contributed by atoms with Gasteiger partial charge in [-0.15, -0.1) is 0 Å². The van der Waals surface area contributed by atoms with Gasteiger partial charge in [0, 0.05) is 17.9 Å². The predicted octanol–water partition coefficient (Wildman–Crippen LogP) is 2.89. The molecule has 0 aromatic carbocycles. The van der Waals surface area contributed by atoms with Gasteiger partial charge in [0.15, 0.2) is 0 Å². The number of nitrogens with zero attached hydrogens (tertiary/aromatic N) is 2. The number of allylic oxidation sites excluding steroid dienone is 3. The lowest BCUT2D eigenvalue weighted by Gasteiger charge is -2.30. The fourth-order valence-corrected chi connectivity index (χ4v) is 2.09. The minimum absolute atomic E-state index is 0.177. The maximum absolute atomic E-state index is 2.27. The van der Waals surface area contributed by atoms with E-state index in [2.05, 4.69) is 60.0 Å². The van der Waals surface area contributed by atoms with E-state index in [-0.39, 0.29) is 5.54 Å². The smallest absolute Gasteiger partial charge is 0.0760 e. The highest BCUT2D eigenvalue weighted by Crippen LogP contribution is 2.37. The summed E-state index contributed by atoms with van der Waals surface area (Å²) in [6.07, 6.45) is 10.5. The van der Waals surface area contributed by atoms with Crippen LogP contribution in [0.5, 0.6) is 0 Å². The predicted molar refractivity (Wildman–Crippen MR) is 57.4 cm³/mol. The van der Waals surface area contributed by atoms with Crippen LogP contribution in [-0.2, 0) is 0 Å². The zero-order chi connectivity index (χ0) is 9.47. The molecule has 0 aromatic heterocycles. The zero-order valence-electron chi connectivity index (χ0n) is 8.19. The molecule has 2 aliphatic rings. The third kappa shape index (κ3) is 1.61. The first kappa shape index (κ1) is 8.75. The molecule has 0 saturated heterocycles. The first-order valence-corrected chi connectivity index (χ1v) is 5.14. The van der Waals surface area contributed by atoms with Gasteiger partial charge < -0.3 is 0 Å². The maximum Gasteiger partial charge on any atom is 0.0760 e. The minimum Gasteiger partial charge on any atom is -0.298 e. The van der Waals surface area contributed by atoms with Crippen molar-refractivity contribution < 1.29 is 0 Å². The lowest BCUT2D eigenvalue weighted by molar-refractivity contribution is 0.351. The van der Waals surface area contributed by atoms with Gasteiger partial charge in [0.25, 0.3) is 0 Å². The molecule has 0 bridgehead atoms. The summed E-state index contributed by atoms with van der Waals surface area (Å²) in [4.78, 5) is 0. The third-order valence-corrected chi connectivity index (χ3v) is 3.28. The molecule has 0 aromatic rings. The molecule has 3 heteroatoms. The largest absolute Gasteiger partial charge is 0.298 e. The van der Waals surface area contributed by atoms with E-state index in [0.29, 0.717) is 0 Å². The van der Waals surface area contributed by atoms with E-state index in [0.717, 1.165) is 0 Å². The zero-order valence-corrected chi connectivity index (χ0v) is 9.01. The second kappa shape index (κ2) is 2.84. The summed E-state index contributed by atoms with van der Waals surface area (Å²) in [5.41, 5.74) is 1.43. The molecule has 0 amide bonds. The molecule has 0 aliphatic carbocycles. The van der Waals surface area contributed by atoms with E-state index in [4.69, 9.17) is 0 Å². The van der Waals surface area contributed by atoms with Crippen molar-refractivity contribution in [1.29, 1.82) is 0 Å². The standard InChI is InChI=1S/C10H14N2S/c1-10(2,3)12-8-9-6-4-5-7-11(9)13-12/h4-8H,1-3H3. The molecule has 2 aliphatic heterocycles. The van der Waals surface area contributed by atoms with Gasteiger partial charge in [-0.05, 0) is 32.9 Å². The van der Waals surface area contributed by atoms with Crippen LogP contribution >= 0.6 is 12.1 Å². The van der Waals surface area contributed by atoms with Crippen LogP contribution in [0.2, 0.25) is 0 Å². The first-order chi connectivity index (χ1) is 6.07. The van der Waals surface area contributed by atoms with Crippen LogP contribution in [0, 0.1) is 0 Å². The van der Waals surface area contributed by atoms with Crippen LogP contribution in [0.1, 0.15) is 20.8 Å². The first-order valence-electron chi connectivity index (χ1n) is 4.41. The summed E-state index contributed by atoms with van der Waals surface area (Å²) in [5.74, 6) is 0. The average Bonchev–Trinajstić information content (AvgIpc) is 2.45. The molecule has 0 radical (unpaired) electrons. The van der Waals surface area contributed by atoms with Crippen molar-refractivity contribution in [3.8, 4) is 0 Å². The van der Waals surface area contributed by atoms with Crippen LogP contribution in [0.25, 0.3) is 0 Å². The van der Waals surface area contributed by atoms with Gasteiger partial charge in [-0.1, -0.05) is 6.08 Å². The Labute approximate surface area is 83.9 Å². The molecule has 0 spiro atoms. The van der Waals surface area contributed by atoms with Crippen LogP contribution in [0.15, 0.2) is 36.3 Å². The molecule has 0 unspecified atom stereocenters. The maximum atomic E-state index is 2.27. The molecule has 2 rings (SSSR count). The molecule has 70 valence electrons. The van der Waals surface area contributed by atoms with E-state index in [9.17, 15) is 0 Å². The monoisotopic (exact) mass is 194 g/mol. The number of hydrogen-bond donors (Lipinski definition) is 0. The minimum atomic E-state index is 0.177. The Morgan fingerprint density at radius 2 is 2.00 bits per heavy atom. The molecule has 0 saturated carbocycles. The molecule has 13 heavy (non-hydrogen) atoms. The van der Waals surface area contributed by atoms with Gasteiger partial charge in [0.05, 0.1) is 17.8 Å². The molecule has 2 nitrogen and oxygen atoms in total. The van der Waals surface area contributed by atoms with Crippen molar-refractivity contribution in [1.82, 2.24) is 8.61 Å². The fraction of sp³-hybridized carbons (Fsp3) is 0.400. The molecule has 0 fully saturated rings. The van der Waals surface area contributed by atoms with E-state index < -0.39 is 0 Å². The summed E-state index contributed by atoms with van der Waals surface area (Å²) in [5, 5.41) is 0. The summed E-state index contributed by atoms with van der Waals surface area (Å²) >= 11 is 1.74. The van der Waals surface area contributed by atoms with Crippen LogP contribution in [0.4, 0.5) is 0 Å². The highest BCUT2D eigenvalue weighted by atomic mass is 32.2. The lowest BCUT2D eigenvalue weighted by atomic mass is 10.1. The third-order valence-electron chi connectivity index (χ3n) is 1.94. The topological polar surface area (TPSA) is 6.48 Å². The molecule has 0 atom stereocenters. The van der Waals surface area contributed by atoms with Gasteiger partial charge >= 0.3 is 0 Å². The van der Waals surface area contributed by atoms with Crippen molar-refractivity contribution in [2.45, 2.75) is 26.3 Å². The van der Waals surface area contributed by atoms with E-state index >= 15 is 0 Å². The summed E-state index contributed by atoms with van der Waals surface area (Å²) in [6, 6.07) is 0. The Kier molecular flexibility index (Phi) is 1.91. The molecule has 2 heterocycles.